The van der Waals surface area contributed by atoms with Gasteiger partial charge >= 0.3 is 5.69 Å². The highest BCUT2D eigenvalue weighted by Crippen LogP contribution is 2.13. The largest absolute Gasteiger partial charge is 0.355 e. The number of rotatable bonds is 2. The van der Waals surface area contributed by atoms with E-state index in [-0.39, 0.29) is 12.2 Å². The van der Waals surface area contributed by atoms with Crippen LogP contribution in [-0.2, 0) is 6.54 Å². The van der Waals surface area contributed by atoms with Crippen molar-refractivity contribution in [1.29, 1.82) is 5.41 Å². The third kappa shape index (κ3) is 1.88. The lowest BCUT2D eigenvalue weighted by Gasteiger charge is -2.17. The molecular formula is C9H11FN4O2. The number of halogens is 1. The average Bonchev–Trinajstić information content (AvgIpc) is 2.60. The van der Waals surface area contributed by atoms with Gasteiger partial charge in [0, 0.05) is 13.0 Å². The van der Waals surface area contributed by atoms with Crippen molar-refractivity contribution in [3.63, 3.8) is 0 Å². The fraction of sp³-hybridized carbons (Fsp3) is 0.444. The maximum absolute atomic E-state index is 13.4. The standard InChI is InChI=1S/C9H11FN4O2/c10-7-5(12-9(16)13-8(7)15)4-14-3-1-2-6(14)11/h11H,1-4H2,(H2,12,13,15,16). The van der Waals surface area contributed by atoms with Crippen molar-refractivity contribution in [2.45, 2.75) is 19.4 Å². The fourth-order valence-corrected chi connectivity index (χ4v) is 1.72. The number of aromatic amines is 2. The van der Waals surface area contributed by atoms with Crippen LogP contribution in [0.4, 0.5) is 4.39 Å². The molecule has 0 spiro atoms. The average molecular weight is 226 g/mol. The van der Waals surface area contributed by atoms with Crippen LogP contribution in [0.3, 0.4) is 0 Å². The van der Waals surface area contributed by atoms with Crippen molar-refractivity contribution in [1.82, 2.24) is 14.9 Å². The van der Waals surface area contributed by atoms with Crippen molar-refractivity contribution in [3.05, 3.63) is 32.3 Å². The summed E-state index contributed by atoms with van der Waals surface area (Å²) in [6, 6.07) is 0. The molecule has 3 N–H and O–H groups in total. The van der Waals surface area contributed by atoms with E-state index in [0.29, 0.717) is 18.8 Å². The van der Waals surface area contributed by atoms with Crippen molar-refractivity contribution in [2.75, 3.05) is 6.54 Å². The third-order valence-corrected chi connectivity index (χ3v) is 2.53. The van der Waals surface area contributed by atoms with E-state index in [1.165, 1.54) is 0 Å². The third-order valence-electron chi connectivity index (χ3n) is 2.53. The Bertz CT molecular complexity index is 533. The molecule has 0 atom stereocenters. The van der Waals surface area contributed by atoms with Crippen LogP contribution in [0.5, 0.6) is 0 Å². The Morgan fingerprint density at radius 2 is 2.12 bits per heavy atom. The van der Waals surface area contributed by atoms with Crippen LogP contribution in [0.15, 0.2) is 9.59 Å². The number of hydrogen-bond acceptors (Lipinski definition) is 3. The lowest BCUT2D eigenvalue weighted by Crippen LogP contribution is -2.32. The summed E-state index contributed by atoms with van der Waals surface area (Å²) in [4.78, 5) is 27.6. The highest BCUT2D eigenvalue weighted by atomic mass is 19.1. The maximum atomic E-state index is 13.4. The molecule has 0 saturated carbocycles. The van der Waals surface area contributed by atoms with Crippen LogP contribution in [0, 0.1) is 11.2 Å². The number of amidine groups is 1. The summed E-state index contributed by atoms with van der Waals surface area (Å²) in [5.74, 6) is -0.583. The van der Waals surface area contributed by atoms with Crippen LogP contribution >= 0.6 is 0 Å². The molecule has 2 rings (SSSR count). The number of hydrogen-bond donors (Lipinski definition) is 3. The summed E-state index contributed by atoms with van der Waals surface area (Å²) in [7, 11) is 0. The van der Waals surface area contributed by atoms with Gasteiger partial charge in [-0.15, -0.1) is 0 Å². The van der Waals surface area contributed by atoms with Crippen LogP contribution in [0.2, 0.25) is 0 Å². The molecule has 1 aliphatic heterocycles. The molecule has 1 fully saturated rings. The molecule has 7 heteroatoms. The highest BCUT2D eigenvalue weighted by Gasteiger charge is 2.19. The Hall–Kier alpha value is -1.92. The van der Waals surface area contributed by atoms with Gasteiger partial charge in [-0.05, 0) is 6.42 Å². The smallest absolute Gasteiger partial charge is 0.326 e. The first-order chi connectivity index (χ1) is 7.58. The molecule has 6 nitrogen and oxygen atoms in total. The second-order valence-electron chi connectivity index (χ2n) is 3.67. The second kappa shape index (κ2) is 3.92. The Morgan fingerprint density at radius 1 is 1.38 bits per heavy atom. The molecule has 0 amide bonds. The van der Waals surface area contributed by atoms with Gasteiger partial charge in [-0.25, -0.2) is 4.79 Å². The van der Waals surface area contributed by atoms with Crippen LogP contribution in [0.25, 0.3) is 0 Å². The monoisotopic (exact) mass is 226 g/mol. The van der Waals surface area contributed by atoms with Gasteiger partial charge in [0.1, 0.15) is 0 Å². The highest BCUT2D eigenvalue weighted by molar-refractivity contribution is 5.80. The summed E-state index contributed by atoms with van der Waals surface area (Å²) < 4.78 is 13.4. The van der Waals surface area contributed by atoms with Gasteiger partial charge in [0.05, 0.1) is 18.1 Å². The number of nitrogens with zero attached hydrogens (tertiary/aromatic N) is 1. The lowest BCUT2D eigenvalue weighted by atomic mass is 10.3. The van der Waals surface area contributed by atoms with Gasteiger partial charge in [0.2, 0.25) is 5.82 Å². The molecule has 1 aliphatic rings. The number of aromatic nitrogens is 2. The molecule has 0 unspecified atom stereocenters. The van der Waals surface area contributed by atoms with Gasteiger partial charge < -0.3 is 9.88 Å². The summed E-state index contributed by atoms with van der Waals surface area (Å²) >= 11 is 0. The van der Waals surface area contributed by atoms with Crippen LogP contribution < -0.4 is 11.2 Å². The van der Waals surface area contributed by atoms with Gasteiger partial charge in [-0.2, -0.15) is 4.39 Å². The molecule has 16 heavy (non-hydrogen) atoms. The van der Waals surface area contributed by atoms with Crippen molar-refractivity contribution in [2.24, 2.45) is 0 Å². The lowest BCUT2D eigenvalue weighted by molar-refractivity contribution is 0.421. The van der Waals surface area contributed by atoms with Gasteiger partial charge in [0.15, 0.2) is 0 Å². The maximum Gasteiger partial charge on any atom is 0.326 e. The van der Waals surface area contributed by atoms with E-state index >= 15 is 0 Å². The molecule has 0 aliphatic carbocycles. The molecular weight excluding hydrogens is 215 g/mol. The van der Waals surface area contributed by atoms with Crippen molar-refractivity contribution >= 4 is 5.84 Å². The Kier molecular flexibility index (Phi) is 2.59. The first-order valence-electron chi connectivity index (χ1n) is 4.91. The summed E-state index contributed by atoms with van der Waals surface area (Å²) in [6.07, 6.45) is 1.49. The zero-order valence-corrected chi connectivity index (χ0v) is 8.47. The van der Waals surface area contributed by atoms with E-state index in [0.717, 1.165) is 6.42 Å². The zero-order valence-electron chi connectivity index (χ0n) is 8.47. The molecule has 0 radical (unpaired) electrons. The normalized spacial score (nSPS) is 15.8. The number of likely N-dealkylation sites (tertiary alicyclic amines) is 1. The van der Waals surface area contributed by atoms with E-state index < -0.39 is 17.1 Å². The minimum atomic E-state index is -1.02. The van der Waals surface area contributed by atoms with E-state index in [1.54, 1.807) is 9.88 Å². The summed E-state index contributed by atoms with van der Waals surface area (Å²) in [5.41, 5.74) is -1.82. The molecule has 0 aromatic carbocycles. The topological polar surface area (TPSA) is 92.8 Å². The van der Waals surface area contributed by atoms with Gasteiger partial charge in [-0.3, -0.25) is 15.2 Å². The van der Waals surface area contributed by atoms with Crippen LogP contribution in [-0.4, -0.2) is 27.2 Å². The van der Waals surface area contributed by atoms with Gasteiger partial charge in [0.25, 0.3) is 5.56 Å². The van der Waals surface area contributed by atoms with Crippen molar-refractivity contribution in [3.8, 4) is 0 Å². The fourth-order valence-electron chi connectivity index (χ4n) is 1.72. The van der Waals surface area contributed by atoms with E-state index in [1.807, 2.05) is 0 Å². The Balaban J connectivity index is 2.31. The van der Waals surface area contributed by atoms with E-state index in [9.17, 15) is 14.0 Å². The quantitative estimate of drug-likeness (QED) is 0.650. The number of H-pyrrole nitrogens is 2. The molecule has 0 bridgehead atoms. The van der Waals surface area contributed by atoms with Gasteiger partial charge in [-0.1, -0.05) is 0 Å². The SMILES string of the molecule is N=C1CCCN1Cc1[nH]c(=O)[nH]c(=O)c1F. The molecule has 1 aromatic rings. The minimum Gasteiger partial charge on any atom is -0.355 e. The predicted octanol–water partition coefficient (Wildman–Crippen LogP) is -0.225. The second-order valence-corrected chi connectivity index (χ2v) is 3.67. The molecule has 1 aromatic heterocycles. The Morgan fingerprint density at radius 3 is 2.75 bits per heavy atom. The number of nitrogens with one attached hydrogen (secondary N) is 3. The van der Waals surface area contributed by atoms with Crippen molar-refractivity contribution < 1.29 is 4.39 Å². The Labute approximate surface area is 89.6 Å². The molecule has 1 saturated heterocycles. The summed E-state index contributed by atoms with van der Waals surface area (Å²) in [5, 5.41) is 7.56. The molecule has 2 heterocycles. The first kappa shape index (κ1) is 10.6. The van der Waals surface area contributed by atoms with Crippen LogP contribution in [0.1, 0.15) is 18.5 Å². The van der Waals surface area contributed by atoms with E-state index in [4.69, 9.17) is 5.41 Å². The molecule has 86 valence electrons. The first-order valence-corrected chi connectivity index (χ1v) is 4.91. The predicted molar refractivity (Wildman–Crippen MR) is 55.0 cm³/mol. The van der Waals surface area contributed by atoms with E-state index in [2.05, 4.69) is 4.98 Å². The zero-order chi connectivity index (χ0) is 11.7. The minimum absolute atomic E-state index is 0.0594. The summed E-state index contributed by atoms with van der Waals surface area (Å²) in [6.45, 7) is 0.705.